The summed E-state index contributed by atoms with van der Waals surface area (Å²) in [5.74, 6) is 1.47. The number of ether oxygens (including phenoxy) is 2. The lowest BCUT2D eigenvalue weighted by Gasteiger charge is -2.41. The number of hydrogen-bond acceptors (Lipinski definition) is 2. The Morgan fingerprint density at radius 1 is 0.792 bits per heavy atom. The van der Waals surface area contributed by atoms with Gasteiger partial charge in [0.05, 0.1) is 13.2 Å². The summed E-state index contributed by atoms with van der Waals surface area (Å²) < 4.78 is 51.8. The van der Waals surface area contributed by atoms with Crippen molar-refractivity contribution in [3.63, 3.8) is 0 Å². The van der Waals surface area contributed by atoms with Gasteiger partial charge in [-0.25, -0.2) is 13.2 Å². The quantitative estimate of drug-likeness (QED) is 0.741. The van der Waals surface area contributed by atoms with E-state index in [1.54, 1.807) is 0 Å². The Kier molecular flexibility index (Phi) is 8.50. The molecule has 0 aromatic heterocycles. The maximum absolute atomic E-state index is 13.5. The zero-order valence-electron chi connectivity index (χ0n) is 13.7. The van der Waals surface area contributed by atoms with Gasteiger partial charge in [0.15, 0.2) is 12.5 Å². The predicted molar refractivity (Wildman–Crippen MR) is 90.2 cm³/mol. The molecule has 1 heterocycles. The van der Waals surface area contributed by atoms with Crippen LogP contribution in [0.3, 0.4) is 0 Å². The van der Waals surface area contributed by atoms with Crippen molar-refractivity contribution in [1.82, 2.24) is 0 Å². The lowest BCUT2D eigenvalue weighted by molar-refractivity contribution is -0.243. The summed E-state index contributed by atoms with van der Waals surface area (Å²) in [5.41, 5.74) is 0. The van der Waals surface area contributed by atoms with E-state index in [9.17, 15) is 13.2 Å². The van der Waals surface area contributed by atoms with E-state index in [2.05, 4.69) is 6.92 Å². The third-order valence-electron chi connectivity index (χ3n) is 5.81. The first-order valence-electron chi connectivity index (χ1n) is 8.70. The molecule has 1 saturated heterocycles. The van der Waals surface area contributed by atoms with E-state index in [1.165, 1.54) is 25.7 Å². The van der Waals surface area contributed by atoms with Crippen LogP contribution >= 0.6 is 0 Å². The molecule has 3 nitrogen and oxygen atoms in total. The molecular weight excluding hydrogens is 321 g/mol. The van der Waals surface area contributed by atoms with Crippen LogP contribution in [-0.2, 0) is 9.47 Å². The van der Waals surface area contributed by atoms with Gasteiger partial charge >= 0.3 is 0 Å². The van der Waals surface area contributed by atoms with E-state index >= 15 is 0 Å². The number of alkyl halides is 3. The Morgan fingerprint density at radius 2 is 1.29 bits per heavy atom. The predicted octanol–water partition coefficient (Wildman–Crippen LogP) is 4.28. The molecule has 146 valence electrons. The molecule has 2 saturated carbocycles. The van der Waals surface area contributed by atoms with Gasteiger partial charge in [-0.3, -0.25) is 0 Å². The van der Waals surface area contributed by atoms with Crippen LogP contribution in [-0.4, -0.2) is 43.5 Å². The normalized spacial score (nSPS) is 46.5. The van der Waals surface area contributed by atoms with E-state index in [4.69, 9.17) is 9.47 Å². The largest absolute Gasteiger partial charge is 0.412 e. The minimum absolute atomic E-state index is 0. The van der Waals surface area contributed by atoms with E-state index < -0.39 is 24.8 Å². The van der Waals surface area contributed by atoms with Gasteiger partial charge in [-0.2, -0.15) is 0 Å². The average molecular weight is 356 g/mol. The molecule has 24 heavy (non-hydrogen) atoms. The topological polar surface area (TPSA) is 50.0 Å². The Labute approximate surface area is 145 Å². The first-order chi connectivity index (χ1) is 10.5. The SMILES string of the molecule is C.CC1CCC(C2COC(C3CC(F)C(F)C(F)C3)OC2)CC1.O.[HH]. The molecule has 0 spiro atoms. The minimum atomic E-state index is -1.99. The molecule has 0 radical (unpaired) electrons. The Bertz CT molecular complexity index is 349. The fourth-order valence-electron chi connectivity index (χ4n) is 4.22. The van der Waals surface area contributed by atoms with Crippen molar-refractivity contribution in [3.8, 4) is 0 Å². The molecule has 0 bridgehead atoms. The van der Waals surface area contributed by atoms with Gasteiger partial charge in [0.2, 0.25) is 0 Å². The van der Waals surface area contributed by atoms with Crippen molar-refractivity contribution in [2.75, 3.05) is 13.2 Å². The summed E-state index contributed by atoms with van der Waals surface area (Å²) in [6, 6.07) is 0. The van der Waals surface area contributed by atoms with Gasteiger partial charge in [-0.05, 0) is 37.5 Å². The molecule has 2 unspecified atom stereocenters. The van der Waals surface area contributed by atoms with Gasteiger partial charge in [0, 0.05) is 13.3 Å². The van der Waals surface area contributed by atoms with Crippen LogP contribution in [0.5, 0.6) is 0 Å². The fraction of sp³-hybridized carbons (Fsp3) is 1.00. The average Bonchev–Trinajstić information content (AvgIpc) is 2.53. The molecule has 0 aromatic carbocycles. The number of halogens is 3. The number of hydrogen-bond donors (Lipinski definition) is 0. The van der Waals surface area contributed by atoms with Crippen molar-refractivity contribution >= 4 is 0 Å². The van der Waals surface area contributed by atoms with Gasteiger partial charge < -0.3 is 14.9 Å². The highest BCUT2D eigenvalue weighted by Crippen LogP contribution is 2.39. The van der Waals surface area contributed by atoms with E-state index in [0.717, 1.165) is 5.92 Å². The van der Waals surface area contributed by atoms with Crippen LogP contribution in [0.2, 0.25) is 0 Å². The summed E-state index contributed by atoms with van der Waals surface area (Å²) in [7, 11) is 0. The maximum atomic E-state index is 13.5. The monoisotopic (exact) mass is 356 g/mol. The Morgan fingerprint density at radius 3 is 1.79 bits per heavy atom. The lowest BCUT2D eigenvalue weighted by atomic mass is 9.76. The van der Waals surface area contributed by atoms with Crippen LogP contribution in [0, 0.1) is 23.7 Å². The Balaban J connectivity index is 0.00000192. The van der Waals surface area contributed by atoms with Crippen LogP contribution in [0.15, 0.2) is 0 Å². The molecule has 2 atom stereocenters. The van der Waals surface area contributed by atoms with E-state index in [1.807, 2.05) is 0 Å². The van der Waals surface area contributed by atoms with Crippen LogP contribution in [0.4, 0.5) is 13.2 Å². The smallest absolute Gasteiger partial charge is 0.162 e. The van der Waals surface area contributed by atoms with Crippen molar-refractivity contribution in [2.24, 2.45) is 23.7 Å². The second kappa shape index (κ2) is 9.39. The van der Waals surface area contributed by atoms with Crippen molar-refractivity contribution in [1.29, 1.82) is 0 Å². The molecule has 3 rings (SSSR count). The first-order valence-corrected chi connectivity index (χ1v) is 8.70. The first kappa shape index (κ1) is 21.7. The molecule has 2 N–H and O–H groups in total. The minimum Gasteiger partial charge on any atom is -0.412 e. The molecule has 0 amide bonds. The molecule has 0 aromatic rings. The van der Waals surface area contributed by atoms with Crippen molar-refractivity contribution in [2.45, 2.75) is 77.7 Å². The summed E-state index contributed by atoms with van der Waals surface area (Å²) in [6.45, 7) is 3.50. The Hall–Kier alpha value is -0.330. The highest BCUT2D eigenvalue weighted by Gasteiger charge is 2.43. The molecule has 3 fully saturated rings. The van der Waals surface area contributed by atoms with Gasteiger partial charge in [-0.1, -0.05) is 27.2 Å². The highest BCUT2D eigenvalue weighted by molar-refractivity contribution is 4.89. The molecule has 3 aliphatic rings. The van der Waals surface area contributed by atoms with Crippen LogP contribution in [0.1, 0.15) is 54.3 Å². The van der Waals surface area contributed by atoms with Gasteiger partial charge in [0.1, 0.15) is 12.3 Å². The van der Waals surface area contributed by atoms with Crippen molar-refractivity contribution < 1.29 is 29.5 Å². The highest BCUT2D eigenvalue weighted by atomic mass is 19.2. The third kappa shape index (κ3) is 4.85. The second-order valence-corrected chi connectivity index (χ2v) is 7.52. The number of rotatable bonds is 2. The molecule has 2 aliphatic carbocycles. The zero-order chi connectivity index (χ0) is 15.7. The lowest BCUT2D eigenvalue weighted by Crippen LogP contribution is -2.46. The molecule has 1 aliphatic heterocycles. The molecule has 6 heteroatoms. The van der Waals surface area contributed by atoms with Gasteiger partial charge in [0.25, 0.3) is 0 Å². The summed E-state index contributed by atoms with van der Waals surface area (Å²) in [4.78, 5) is 0. The third-order valence-corrected chi connectivity index (χ3v) is 5.81. The standard InChI is InChI=1S/C17H27F3O2.CH4.H2O.H2/c1-10-2-4-11(5-3-10)13-8-21-17(22-9-13)12-6-14(18)16(20)15(19)7-12;;;/h10-17H,2-9H2,1H3;1H4;1H2;1H. The summed E-state index contributed by atoms with van der Waals surface area (Å²) >= 11 is 0. The second-order valence-electron chi connectivity index (χ2n) is 7.52. The maximum Gasteiger partial charge on any atom is 0.162 e. The van der Waals surface area contributed by atoms with Crippen LogP contribution in [0.25, 0.3) is 0 Å². The van der Waals surface area contributed by atoms with Gasteiger partial charge in [-0.15, -0.1) is 0 Å². The van der Waals surface area contributed by atoms with E-state index in [0.29, 0.717) is 25.0 Å². The van der Waals surface area contributed by atoms with E-state index in [-0.39, 0.29) is 33.1 Å². The fourth-order valence-corrected chi connectivity index (χ4v) is 4.22. The summed E-state index contributed by atoms with van der Waals surface area (Å²) in [6.07, 6.45) is -1.08. The van der Waals surface area contributed by atoms with Crippen LogP contribution < -0.4 is 0 Å². The zero-order valence-corrected chi connectivity index (χ0v) is 13.7. The molecular formula is C18H35F3O3. The summed E-state index contributed by atoms with van der Waals surface area (Å²) in [5, 5.41) is 0. The van der Waals surface area contributed by atoms with Crippen molar-refractivity contribution in [3.05, 3.63) is 0 Å².